The number of nitrogens with zero attached hydrogens (tertiary/aromatic N) is 1. The van der Waals surface area contributed by atoms with E-state index in [0.29, 0.717) is 36.7 Å². The number of aliphatic hydroxyl groups excluding tert-OH is 1. The first-order chi connectivity index (χ1) is 28.4. The van der Waals surface area contributed by atoms with E-state index in [1.807, 2.05) is 52.4 Å². The molecule has 10 nitrogen and oxygen atoms in total. The number of likely N-dealkylation sites (N-methyl/N-ethyl adjacent to an activating group) is 1. The quantitative estimate of drug-likeness (QED) is 0.0157. The number of hydrogen-bond donors (Lipinski definition) is 2. The van der Waals surface area contributed by atoms with Gasteiger partial charge in [-0.1, -0.05) is 136 Å². The first-order valence-corrected chi connectivity index (χ1v) is 23.2. The van der Waals surface area contributed by atoms with Crippen molar-refractivity contribution in [3.63, 3.8) is 0 Å². The molecule has 0 heterocycles. The summed E-state index contributed by atoms with van der Waals surface area (Å²) in [7, 11) is 1.38. The highest BCUT2D eigenvalue weighted by Crippen LogP contribution is 2.43. The molecule has 3 atom stereocenters. The average Bonchev–Trinajstić information content (AvgIpc) is 3.19. The Morgan fingerprint density at radius 2 is 1.12 bits per heavy atom. The third-order valence-electron chi connectivity index (χ3n) is 8.46. The molecule has 0 amide bonds. The summed E-state index contributed by atoms with van der Waals surface area (Å²) < 4.78 is 34.2. The lowest BCUT2D eigenvalue weighted by Crippen LogP contribution is -2.37. The van der Waals surface area contributed by atoms with Crippen LogP contribution in [0.15, 0.2) is 109 Å². The molecular weight excluding hydrogens is 766 g/mol. The van der Waals surface area contributed by atoms with E-state index in [1.54, 1.807) is 6.08 Å². The Hall–Kier alpha value is -3.37. The SMILES string of the molecule is CC/C=C\C/C=C\C/C=C\C/C=C\CCCCCCC(=O)O[C@H](COC(=O)CCC/C=C\C/C=C\C/C=C\C/C=C\C=C\[C@@H](O)CC)COP(=O)(O)OCC[N+](C)(C)C. The van der Waals surface area contributed by atoms with Crippen LogP contribution in [0.5, 0.6) is 0 Å². The predicted octanol–water partition coefficient (Wildman–Crippen LogP) is 11.3. The van der Waals surface area contributed by atoms with E-state index in [9.17, 15) is 24.2 Å². The number of rotatable bonds is 37. The summed E-state index contributed by atoms with van der Waals surface area (Å²) in [5, 5.41) is 9.48. The number of unbranched alkanes of at least 4 members (excludes halogenated alkanes) is 5. The van der Waals surface area contributed by atoms with Crippen LogP contribution in [-0.4, -0.2) is 86.1 Å². The molecule has 2 N–H and O–H groups in total. The summed E-state index contributed by atoms with van der Waals surface area (Å²) in [6.45, 7) is 3.83. The van der Waals surface area contributed by atoms with Gasteiger partial charge in [-0.25, -0.2) is 4.57 Å². The monoisotopic (exact) mass is 845 g/mol. The summed E-state index contributed by atoms with van der Waals surface area (Å²) in [6, 6.07) is 0. The minimum absolute atomic E-state index is 0.00475. The number of carbonyl (C=O) groups is 2. The Bertz CT molecular complexity index is 1380. The van der Waals surface area contributed by atoms with Gasteiger partial charge >= 0.3 is 19.8 Å². The second kappa shape index (κ2) is 38.8. The Kier molecular flexibility index (Phi) is 36.6. The van der Waals surface area contributed by atoms with Gasteiger partial charge < -0.3 is 24.0 Å². The van der Waals surface area contributed by atoms with E-state index in [0.717, 1.165) is 70.6 Å². The van der Waals surface area contributed by atoms with Crippen molar-refractivity contribution in [1.82, 2.24) is 0 Å². The van der Waals surface area contributed by atoms with Gasteiger partial charge in [0, 0.05) is 12.8 Å². The molecule has 1 unspecified atom stereocenters. The number of quaternary nitrogens is 1. The lowest BCUT2D eigenvalue weighted by Gasteiger charge is -2.24. The molecular formula is C48H79NO9P+. The highest BCUT2D eigenvalue weighted by atomic mass is 31.2. The van der Waals surface area contributed by atoms with Crippen molar-refractivity contribution in [1.29, 1.82) is 0 Å². The largest absolute Gasteiger partial charge is 0.472 e. The zero-order valence-electron chi connectivity index (χ0n) is 37.0. The smallest absolute Gasteiger partial charge is 0.462 e. The predicted molar refractivity (Wildman–Crippen MR) is 244 cm³/mol. The molecule has 0 bridgehead atoms. The highest BCUT2D eigenvalue weighted by Gasteiger charge is 2.27. The van der Waals surface area contributed by atoms with Crippen LogP contribution < -0.4 is 0 Å². The number of ether oxygens (including phenoxy) is 2. The molecule has 0 saturated carbocycles. The molecule has 11 heteroatoms. The molecule has 0 aromatic rings. The fourth-order valence-corrected chi connectivity index (χ4v) is 5.67. The van der Waals surface area contributed by atoms with E-state index in [4.69, 9.17) is 18.5 Å². The van der Waals surface area contributed by atoms with Crippen molar-refractivity contribution in [3.8, 4) is 0 Å². The van der Waals surface area contributed by atoms with Crippen LogP contribution in [0.4, 0.5) is 0 Å². The molecule has 0 rings (SSSR count). The minimum atomic E-state index is -4.41. The van der Waals surface area contributed by atoms with Crippen molar-refractivity contribution >= 4 is 19.8 Å². The van der Waals surface area contributed by atoms with Crippen LogP contribution in [0.25, 0.3) is 0 Å². The zero-order chi connectivity index (χ0) is 43.7. The van der Waals surface area contributed by atoms with Gasteiger partial charge in [0.15, 0.2) is 6.10 Å². The van der Waals surface area contributed by atoms with Gasteiger partial charge in [-0.2, -0.15) is 0 Å². The number of phosphoric ester groups is 1. The molecule has 0 aromatic heterocycles. The number of allylic oxidation sites excluding steroid dienone is 17. The maximum Gasteiger partial charge on any atom is 0.472 e. The first-order valence-electron chi connectivity index (χ1n) is 21.7. The summed E-state index contributed by atoms with van der Waals surface area (Å²) in [4.78, 5) is 35.3. The maximum atomic E-state index is 12.7. The van der Waals surface area contributed by atoms with Gasteiger partial charge in [0.25, 0.3) is 0 Å². The molecule has 0 aliphatic rings. The Balaban J connectivity index is 4.55. The van der Waals surface area contributed by atoms with Crippen molar-refractivity contribution in [3.05, 3.63) is 109 Å². The van der Waals surface area contributed by atoms with Crippen LogP contribution in [0.2, 0.25) is 0 Å². The van der Waals surface area contributed by atoms with Crippen LogP contribution in [0.3, 0.4) is 0 Å². The molecule has 0 spiro atoms. The number of hydrogen-bond acceptors (Lipinski definition) is 8. The zero-order valence-corrected chi connectivity index (χ0v) is 37.9. The van der Waals surface area contributed by atoms with Gasteiger partial charge in [-0.05, 0) is 83.5 Å². The van der Waals surface area contributed by atoms with E-state index < -0.39 is 32.5 Å². The van der Waals surface area contributed by atoms with E-state index in [-0.39, 0.29) is 32.2 Å². The molecule has 334 valence electrons. The van der Waals surface area contributed by atoms with Gasteiger partial charge in [0.05, 0.1) is 33.9 Å². The van der Waals surface area contributed by atoms with Gasteiger partial charge in [0.1, 0.15) is 19.8 Å². The fourth-order valence-electron chi connectivity index (χ4n) is 4.93. The third kappa shape index (κ3) is 42.6. The highest BCUT2D eigenvalue weighted by molar-refractivity contribution is 7.47. The number of carbonyl (C=O) groups excluding carboxylic acids is 2. The summed E-state index contributed by atoms with van der Waals surface area (Å²) in [6.07, 6.45) is 49.5. The summed E-state index contributed by atoms with van der Waals surface area (Å²) >= 11 is 0. The van der Waals surface area contributed by atoms with E-state index in [1.165, 1.54) is 0 Å². The lowest BCUT2D eigenvalue weighted by molar-refractivity contribution is -0.870. The van der Waals surface area contributed by atoms with Gasteiger partial charge in [0.2, 0.25) is 0 Å². The van der Waals surface area contributed by atoms with E-state index >= 15 is 0 Å². The van der Waals surface area contributed by atoms with Crippen LogP contribution in [0.1, 0.15) is 123 Å². The fraction of sp³-hybridized carbons (Fsp3) is 0.583. The first kappa shape index (κ1) is 55.6. The van der Waals surface area contributed by atoms with Gasteiger partial charge in [-0.15, -0.1) is 0 Å². The standard InChI is InChI=1S/C48H78NO9P/c1-6-8-9-10-11-12-13-14-15-16-17-22-25-28-31-34-37-40-48(52)58-46(44-57-59(53,54)56-42-41-49(3,4)5)43-55-47(51)39-36-33-30-27-24-21-19-18-20-23-26-29-32-35-38-45(50)7-2/h8-9,11-12,14-15,17,19-23,27,29-30,32,35,38,45-46,50H,6-7,10,13,16,18,24-26,28,31,33-34,36-37,39-44H2,1-5H3/p+1/b9-8-,12-11-,15-14-,21-19-,22-17-,23-20-,30-27-,32-29-,38-35+/t45-,46+/m0/s1. The second-order valence-corrected chi connectivity index (χ2v) is 16.6. The topological polar surface area (TPSA) is 129 Å². The molecule has 59 heavy (non-hydrogen) atoms. The van der Waals surface area contributed by atoms with E-state index in [2.05, 4.69) is 85.9 Å². The van der Waals surface area contributed by atoms with Gasteiger partial charge in [-0.3, -0.25) is 18.6 Å². The normalized spacial score (nSPS) is 15.2. The average molecular weight is 845 g/mol. The van der Waals surface area contributed by atoms with Crippen molar-refractivity contribution in [2.24, 2.45) is 0 Å². The van der Waals surface area contributed by atoms with Crippen molar-refractivity contribution in [2.75, 3.05) is 47.5 Å². The number of aliphatic hydroxyl groups is 1. The Labute approximate surface area is 358 Å². The molecule has 0 aromatic carbocycles. The third-order valence-corrected chi connectivity index (χ3v) is 9.44. The van der Waals surface area contributed by atoms with Crippen LogP contribution >= 0.6 is 7.82 Å². The number of esters is 2. The molecule has 0 aliphatic carbocycles. The summed E-state index contributed by atoms with van der Waals surface area (Å²) in [5.74, 6) is -0.928. The Morgan fingerprint density at radius 3 is 1.68 bits per heavy atom. The van der Waals surface area contributed by atoms with Crippen molar-refractivity contribution < 1.29 is 47.2 Å². The van der Waals surface area contributed by atoms with Crippen LogP contribution in [-0.2, 0) is 32.7 Å². The molecule has 0 saturated heterocycles. The summed E-state index contributed by atoms with van der Waals surface area (Å²) in [5.41, 5.74) is 0. The van der Waals surface area contributed by atoms with Crippen molar-refractivity contribution in [2.45, 2.75) is 135 Å². The lowest BCUT2D eigenvalue weighted by atomic mass is 10.1. The number of phosphoric acid groups is 1. The molecule has 0 fully saturated rings. The molecule has 0 radical (unpaired) electrons. The minimum Gasteiger partial charge on any atom is -0.462 e. The maximum absolute atomic E-state index is 12.7. The van der Waals surface area contributed by atoms with Crippen LogP contribution in [0, 0.1) is 0 Å². The Morgan fingerprint density at radius 1 is 0.610 bits per heavy atom. The molecule has 0 aliphatic heterocycles. The second-order valence-electron chi connectivity index (χ2n) is 15.2.